The van der Waals surface area contributed by atoms with Crippen molar-refractivity contribution in [3.63, 3.8) is 0 Å². The van der Waals surface area contributed by atoms with Gasteiger partial charge < -0.3 is 15.7 Å². The maximum absolute atomic E-state index is 13.1. The summed E-state index contributed by atoms with van der Waals surface area (Å²) in [6.45, 7) is 0.477. The summed E-state index contributed by atoms with van der Waals surface area (Å²) in [6, 6.07) is 15.9. The number of carboxylic acid groups (broad SMARTS) is 1. The molecule has 3 aliphatic rings. The zero-order valence-electron chi connectivity index (χ0n) is 19.4. The summed E-state index contributed by atoms with van der Waals surface area (Å²) < 4.78 is 0.942. The second-order valence-electron chi connectivity index (χ2n) is 8.56. The Morgan fingerprint density at radius 2 is 1.86 bits per heavy atom. The number of halogens is 1. The third-order valence-electron chi connectivity index (χ3n) is 6.27. The summed E-state index contributed by atoms with van der Waals surface area (Å²) in [7, 11) is 0. The summed E-state index contributed by atoms with van der Waals surface area (Å²) in [5.74, 6) is -1.81. The van der Waals surface area contributed by atoms with Gasteiger partial charge >= 0.3 is 5.97 Å². The molecule has 190 valence electrons. The Morgan fingerprint density at radius 3 is 2.51 bits per heavy atom. The van der Waals surface area contributed by atoms with Crippen LogP contribution in [0.25, 0.3) is 5.57 Å². The molecule has 2 aromatic carbocycles. The maximum atomic E-state index is 13.1. The summed E-state index contributed by atoms with van der Waals surface area (Å²) in [5, 5.41) is 15.2. The first-order valence-electron chi connectivity index (χ1n) is 11.5. The summed E-state index contributed by atoms with van der Waals surface area (Å²) in [6.07, 6.45) is 0.468. The van der Waals surface area contributed by atoms with Crippen molar-refractivity contribution in [2.24, 2.45) is 0 Å². The molecule has 3 heterocycles. The van der Waals surface area contributed by atoms with Crippen LogP contribution in [0.2, 0.25) is 0 Å². The van der Waals surface area contributed by atoms with Crippen LogP contribution >= 0.6 is 39.5 Å². The number of rotatable bonds is 7. The van der Waals surface area contributed by atoms with E-state index in [9.17, 15) is 24.3 Å². The van der Waals surface area contributed by atoms with Crippen molar-refractivity contribution < 1.29 is 24.3 Å². The fourth-order valence-corrected chi connectivity index (χ4v) is 6.93. The Kier molecular flexibility index (Phi) is 7.45. The van der Waals surface area contributed by atoms with Crippen LogP contribution in [0.4, 0.5) is 0 Å². The lowest BCUT2D eigenvalue weighted by Gasteiger charge is -2.49. The highest BCUT2D eigenvalue weighted by molar-refractivity contribution is 9.10. The van der Waals surface area contributed by atoms with Crippen LogP contribution in [-0.4, -0.2) is 63.2 Å². The molecule has 11 heteroatoms. The Labute approximate surface area is 230 Å². The molecular weight excluding hydrogens is 578 g/mol. The highest BCUT2D eigenvalue weighted by Crippen LogP contribution is 2.45. The van der Waals surface area contributed by atoms with Crippen LogP contribution in [-0.2, 0) is 19.2 Å². The van der Waals surface area contributed by atoms with Crippen LogP contribution in [0.1, 0.15) is 12.0 Å². The van der Waals surface area contributed by atoms with Crippen LogP contribution in [0, 0.1) is 0 Å². The Bertz CT molecular complexity index is 1340. The smallest absolute Gasteiger partial charge is 0.352 e. The molecule has 2 aromatic rings. The van der Waals surface area contributed by atoms with Crippen molar-refractivity contribution in [3.05, 3.63) is 81.5 Å². The van der Waals surface area contributed by atoms with Crippen molar-refractivity contribution in [3.8, 4) is 0 Å². The summed E-state index contributed by atoms with van der Waals surface area (Å²) >= 11 is 6.12. The molecule has 0 unspecified atom stereocenters. The zero-order valence-corrected chi connectivity index (χ0v) is 22.6. The minimum atomic E-state index is -1.24. The second-order valence-corrected chi connectivity index (χ2v) is 11.6. The number of amides is 3. The molecule has 0 saturated carbocycles. The average Bonchev–Trinajstić information content (AvgIpc) is 3.32. The number of hydrogen-bond donors (Lipinski definition) is 3. The molecule has 0 aromatic heterocycles. The number of allylic oxidation sites excluding steroid dienone is 1. The lowest BCUT2D eigenvalue weighted by molar-refractivity contribution is -0.150. The molecule has 0 spiro atoms. The number of fused-ring (bicyclic) bond motifs is 1. The fraction of sp³-hybridized carbons (Fsp3) is 0.231. The Balaban J connectivity index is 1.39. The third kappa shape index (κ3) is 5.07. The van der Waals surface area contributed by atoms with Crippen molar-refractivity contribution in [1.82, 2.24) is 15.5 Å². The van der Waals surface area contributed by atoms with Gasteiger partial charge in [-0.3, -0.25) is 19.3 Å². The first-order chi connectivity index (χ1) is 17.8. The third-order valence-corrected chi connectivity index (χ3v) is 9.09. The highest BCUT2D eigenvalue weighted by atomic mass is 79.9. The number of aliphatic carboxylic acids is 1. The van der Waals surface area contributed by atoms with E-state index in [1.165, 1.54) is 28.4 Å². The van der Waals surface area contributed by atoms with Gasteiger partial charge in [0.15, 0.2) is 0 Å². The number of carbonyl (C=O) groups is 4. The lowest BCUT2D eigenvalue weighted by Crippen LogP contribution is -2.70. The van der Waals surface area contributed by atoms with E-state index in [0.29, 0.717) is 29.7 Å². The highest BCUT2D eigenvalue weighted by Gasteiger charge is 2.54. The molecule has 5 rings (SSSR count). The number of carboxylic acids is 1. The number of carbonyl (C=O) groups excluding carboxylic acids is 3. The van der Waals surface area contributed by atoms with Crippen LogP contribution in [0.5, 0.6) is 0 Å². The normalized spacial score (nSPS) is 22.2. The monoisotopic (exact) mass is 599 g/mol. The molecule has 0 aliphatic carbocycles. The van der Waals surface area contributed by atoms with Crippen LogP contribution < -0.4 is 10.6 Å². The van der Waals surface area contributed by atoms with Crippen LogP contribution in [0.3, 0.4) is 0 Å². The van der Waals surface area contributed by atoms with Crippen LogP contribution in [0.15, 0.2) is 80.8 Å². The van der Waals surface area contributed by atoms with Gasteiger partial charge in [0, 0.05) is 32.8 Å². The van der Waals surface area contributed by atoms with Gasteiger partial charge in [0.1, 0.15) is 17.1 Å². The van der Waals surface area contributed by atoms with Crippen molar-refractivity contribution in [2.75, 3.05) is 18.1 Å². The van der Waals surface area contributed by atoms with E-state index in [4.69, 9.17) is 0 Å². The molecule has 3 amide bonds. The second kappa shape index (κ2) is 10.8. The minimum Gasteiger partial charge on any atom is -0.477 e. The zero-order chi connectivity index (χ0) is 26.1. The number of thioether (sulfide) groups is 2. The van der Waals surface area contributed by atoms with E-state index < -0.39 is 23.3 Å². The van der Waals surface area contributed by atoms with E-state index in [0.717, 1.165) is 14.9 Å². The van der Waals surface area contributed by atoms with E-state index >= 15 is 0 Å². The average molecular weight is 601 g/mol. The number of nitrogens with zero attached hydrogens (tertiary/aromatic N) is 1. The van der Waals surface area contributed by atoms with E-state index in [-0.39, 0.29) is 29.0 Å². The topological polar surface area (TPSA) is 116 Å². The molecule has 3 N–H and O–H groups in total. The van der Waals surface area contributed by atoms with Gasteiger partial charge in [-0.2, -0.15) is 0 Å². The largest absolute Gasteiger partial charge is 0.477 e. The molecular formula is C26H22BrN3O5S2. The van der Waals surface area contributed by atoms with Crippen molar-refractivity contribution in [2.45, 2.75) is 22.7 Å². The predicted octanol–water partition coefficient (Wildman–Crippen LogP) is 3.25. The Morgan fingerprint density at radius 1 is 1.14 bits per heavy atom. The van der Waals surface area contributed by atoms with Gasteiger partial charge in [-0.1, -0.05) is 46.3 Å². The van der Waals surface area contributed by atoms with E-state index in [2.05, 4.69) is 26.6 Å². The lowest BCUT2D eigenvalue weighted by atomic mass is 9.90. The number of hydrogen-bond acceptors (Lipinski definition) is 6. The van der Waals surface area contributed by atoms with Gasteiger partial charge in [-0.05, 0) is 41.8 Å². The van der Waals surface area contributed by atoms with Gasteiger partial charge in [0.2, 0.25) is 11.8 Å². The minimum absolute atomic E-state index is 0.130. The summed E-state index contributed by atoms with van der Waals surface area (Å²) in [5.41, 5.74) is 2.11. The maximum Gasteiger partial charge on any atom is 0.352 e. The Hall–Kier alpha value is -3.02. The molecule has 0 radical (unpaired) electrons. The first kappa shape index (κ1) is 25.6. The van der Waals surface area contributed by atoms with E-state index in [1.807, 2.05) is 54.6 Å². The van der Waals surface area contributed by atoms with Gasteiger partial charge in [-0.15, -0.1) is 23.5 Å². The fourth-order valence-electron chi connectivity index (χ4n) is 4.60. The molecule has 2 fully saturated rings. The molecule has 2 atom stereocenters. The number of nitrogens with one attached hydrogen (secondary N) is 2. The number of β-lactam (4-membered cyclic amide) rings is 1. The molecule has 8 nitrogen and oxygen atoms in total. The standard InChI is InChI=1S/C26H22BrN3O5S2/c27-15-6-8-16(9-7-15)36-13-19(31)29-21-24(33)30-22(26(34)35)18(12-37-25(21)30)20(14-4-2-1-3-5-14)17-10-11-28-23(17)32/h1-9,21,25H,10-13H2,(H,28,32)(H,29,31)(H,34,35)/t21-,25-/m1/s1. The van der Waals surface area contributed by atoms with Gasteiger partial charge in [-0.25, -0.2) is 4.79 Å². The van der Waals surface area contributed by atoms with Gasteiger partial charge in [0.25, 0.3) is 5.91 Å². The van der Waals surface area contributed by atoms with Gasteiger partial charge in [0.05, 0.1) is 5.75 Å². The quantitative estimate of drug-likeness (QED) is 0.254. The molecule has 37 heavy (non-hydrogen) atoms. The number of benzene rings is 2. The molecule has 2 saturated heterocycles. The summed E-state index contributed by atoms with van der Waals surface area (Å²) in [4.78, 5) is 53.0. The van der Waals surface area contributed by atoms with Crippen molar-refractivity contribution >= 4 is 68.7 Å². The van der Waals surface area contributed by atoms with E-state index in [1.54, 1.807) is 0 Å². The predicted molar refractivity (Wildman–Crippen MR) is 146 cm³/mol. The molecule has 0 bridgehead atoms. The first-order valence-corrected chi connectivity index (χ1v) is 14.3. The molecule has 3 aliphatic heterocycles. The SMILES string of the molecule is O=C(CSc1ccc(Br)cc1)N[C@@H]1C(=O)N2C(C(=O)O)=C(C(=C3CCNC3=O)c3ccccc3)CS[C@H]12. The van der Waals surface area contributed by atoms with Crippen molar-refractivity contribution in [1.29, 1.82) is 0 Å².